The second kappa shape index (κ2) is 4.99. The topological polar surface area (TPSA) is 17.1 Å². The first-order chi connectivity index (χ1) is 7.41. The maximum absolute atomic E-state index is 12.2. The van der Waals surface area contributed by atoms with Crippen LogP contribution in [0.1, 0.15) is 47.0 Å². The molecule has 0 aliphatic heterocycles. The molecule has 1 heteroatoms. The van der Waals surface area contributed by atoms with E-state index >= 15 is 0 Å². The van der Waals surface area contributed by atoms with E-state index in [0.717, 1.165) is 24.8 Å². The lowest BCUT2D eigenvalue weighted by atomic mass is 9.60. The maximum atomic E-state index is 12.2. The molecular formula is C15H24O. The minimum absolute atomic E-state index is 0.0130. The van der Waals surface area contributed by atoms with Crippen LogP contribution in [0, 0.1) is 17.3 Å². The van der Waals surface area contributed by atoms with E-state index in [0.29, 0.717) is 5.92 Å². The molecule has 16 heavy (non-hydrogen) atoms. The minimum atomic E-state index is 0.0130. The molecule has 0 aromatic heterocycles. The van der Waals surface area contributed by atoms with Crippen molar-refractivity contribution in [3.8, 4) is 0 Å². The molecule has 0 heterocycles. The zero-order valence-corrected chi connectivity index (χ0v) is 11.0. The van der Waals surface area contributed by atoms with E-state index in [2.05, 4.69) is 27.4 Å². The Kier molecular flexibility index (Phi) is 4.12. The molecular weight excluding hydrogens is 196 g/mol. The van der Waals surface area contributed by atoms with Gasteiger partial charge in [-0.1, -0.05) is 45.9 Å². The summed E-state index contributed by atoms with van der Waals surface area (Å²) >= 11 is 0. The van der Waals surface area contributed by atoms with E-state index in [4.69, 9.17) is 0 Å². The Morgan fingerprint density at radius 1 is 1.56 bits per heavy atom. The van der Waals surface area contributed by atoms with Gasteiger partial charge in [-0.25, -0.2) is 0 Å². The summed E-state index contributed by atoms with van der Waals surface area (Å²) in [7, 11) is 0. The van der Waals surface area contributed by atoms with E-state index in [1.54, 1.807) is 6.08 Å². The molecule has 0 saturated heterocycles. The molecule has 1 rings (SSSR count). The van der Waals surface area contributed by atoms with E-state index < -0.39 is 0 Å². The van der Waals surface area contributed by atoms with Crippen LogP contribution in [0.25, 0.3) is 0 Å². The van der Waals surface area contributed by atoms with Gasteiger partial charge in [-0.05, 0) is 36.7 Å². The van der Waals surface area contributed by atoms with Crippen LogP contribution in [0.15, 0.2) is 24.3 Å². The van der Waals surface area contributed by atoms with Crippen LogP contribution in [-0.4, -0.2) is 5.78 Å². The van der Waals surface area contributed by atoms with Crippen molar-refractivity contribution in [1.82, 2.24) is 0 Å². The fourth-order valence-electron chi connectivity index (χ4n) is 2.63. The van der Waals surface area contributed by atoms with E-state index in [-0.39, 0.29) is 17.1 Å². The predicted molar refractivity (Wildman–Crippen MR) is 69.2 cm³/mol. The normalized spacial score (nSPS) is 29.6. The predicted octanol–water partition coefficient (Wildman–Crippen LogP) is 4.15. The molecule has 0 N–H and O–H groups in total. The van der Waals surface area contributed by atoms with Gasteiger partial charge in [-0.2, -0.15) is 0 Å². The third kappa shape index (κ3) is 2.45. The van der Waals surface area contributed by atoms with Crippen molar-refractivity contribution in [3.05, 3.63) is 24.3 Å². The molecule has 2 unspecified atom stereocenters. The van der Waals surface area contributed by atoms with Crippen molar-refractivity contribution in [2.75, 3.05) is 0 Å². The molecule has 2 atom stereocenters. The quantitative estimate of drug-likeness (QED) is 0.516. The Morgan fingerprint density at radius 3 is 2.75 bits per heavy atom. The molecule has 1 nitrogen and oxygen atoms in total. The van der Waals surface area contributed by atoms with Gasteiger partial charge in [-0.15, -0.1) is 0 Å². The zero-order chi connectivity index (χ0) is 12.3. The summed E-state index contributed by atoms with van der Waals surface area (Å²) in [6, 6.07) is 0. The molecule has 1 fully saturated rings. The number of carbonyl (C=O) groups is 1. The van der Waals surface area contributed by atoms with Crippen LogP contribution in [0.4, 0.5) is 0 Å². The molecule has 0 aromatic carbocycles. The van der Waals surface area contributed by atoms with E-state index in [1.165, 1.54) is 0 Å². The number of rotatable bonds is 3. The number of hydrogen-bond acceptors (Lipinski definition) is 1. The first-order valence-corrected chi connectivity index (χ1v) is 6.29. The molecule has 0 radical (unpaired) electrons. The van der Waals surface area contributed by atoms with Crippen LogP contribution in [0.3, 0.4) is 0 Å². The van der Waals surface area contributed by atoms with Crippen molar-refractivity contribution in [2.24, 2.45) is 17.3 Å². The monoisotopic (exact) mass is 220 g/mol. The summed E-state index contributed by atoms with van der Waals surface area (Å²) in [4.78, 5) is 12.2. The lowest BCUT2D eigenvalue weighted by Crippen LogP contribution is -2.40. The first kappa shape index (κ1) is 13.2. The molecule has 1 aliphatic rings. The highest BCUT2D eigenvalue weighted by atomic mass is 16.1. The highest BCUT2D eigenvalue weighted by Crippen LogP contribution is 2.47. The Morgan fingerprint density at radius 2 is 2.19 bits per heavy atom. The molecule has 0 aromatic rings. The molecule has 90 valence electrons. The van der Waals surface area contributed by atoms with E-state index in [9.17, 15) is 4.79 Å². The molecule has 0 bridgehead atoms. The lowest BCUT2D eigenvalue weighted by molar-refractivity contribution is -0.122. The van der Waals surface area contributed by atoms with Crippen molar-refractivity contribution in [2.45, 2.75) is 47.0 Å². The lowest BCUT2D eigenvalue weighted by Gasteiger charge is -2.43. The summed E-state index contributed by atoms with van der Waals surface area (Å²) in [6.45, 7) is 12.8. The average molecular weight is 220 g/mol. The Balaban J connectivity index is 2.93. The van der Waals surface area contributed by atoms with Gasteiger partial charge < -0.3 is 0 Å². The van der Waals surface area contributed by atoms with Gasteiger partial charge in [0.1, 0.15) is 0 Å². The first-order valence-electron chi connectivity index (χ1n) is 6.29. The molecule has 1 aliphatic carbocycles. The average Bonchev–Trinajstić information content (AvgIpc) is 2.21. The van der Waals surface area contributed by atoms with Gasteiger partial charge in [0.15, 0.2) is 5.78 Å². The van der Waals surface area contributed by atoms with Crippen molar-refractivity contribution < 1.29 is 4.79 Å². The van der Waals surface area contributed by atoms with Crippen molar-refractivity contribution in [3.63, 3.8) is 0 Å². The van der Waals surface area contributed by atoms with Gasteiger partial charge in [0.25, 0.3) is 0 Å². The highest BCUT2D eigenvalue weighted by Gasteiger charge is 2.42. The van der Waals surface area contributed by atoms with Crippen LogP contribution >= 0.6 is 0 Å². The summed E-state index contributed by atoms with van der Waals surface area (Å²) in [5, 5.41) is 0. The highest BCUT2D eigenvalue weighted by molar-refractivity contribution is 5.94. The number of hydrogen-bond donors (Lipinski definition) is 0. The Labute approximate surface area is 99.6 Å². The molecule has 1 saturated carbocycles. The third-order valence-corrected chi connectivity index (χ3v) is 4.12. The summed E-state index contributed by atoms with van der Waals surface area (Å²) in [5.41, 5.74) is 1.17. The molecule has 0 spiro atoms. The SMILES string of the molecule is C=C1CCC(C)C(C)(C)C1C(=O)C=CCC. The van der Waals surface area contributed by atoms with Gasteiger partial charge in [0, 0.05) is 5.92 Å². The number of allylic oxidation sites excluding steroid dienone is 3. The Hall–Kier alpha value is -0.850. The second-order valence-corrected chi connectivity index (χ2v) is 5.57. The standard InChI is InChI=1S/C15H24O/c1-6-7-8-13(16)14-11(2)9-10-12(3)15(14,4)5/h7-8,12,14H,2,6,9-10H2,1,3-5H3. The van der Waals surface area contributed by atoms with Crippen molar-refractivity contribution >= 4 is 5.78 Å². The van der Waals surface area contributed by atoms with Crippen LogP contribution in [-0.2, 0) is 4.79 Å². The largest absolute Gasteiger partial charge is 0.294 e. The number of carbonyl (C=O) groups excluding carboxylic acids is 1. The van der Waals surface area contributed by atoms with E-state index in [1.807, 2.05) is 13.0 Å². The smallest absolute Gasteiger partial charge is 0.163 e. The van der Waals surface area contributed by atoms with Crippen LogP contribution in [0.5, 0.6) is 0 Å². The fraction of sp³-hybridized carbons (Fsp3) is 0.667. The summed E-state index contributed by atoms with van der Waals surface area (Å²) in [5.74, 6) is 0.837. The van der Waals surface area contributed by atoms with Crippen LogP contribution < -0.4 is 0 Å². The van der Waals surface area contributed by atoms with Gasteiger partial charge in [-0.3, -0.25) is 4.79 Å². The number of ketones is 1. The summed E-state index contributed by atoms with van der Waals surface area (Å²) < 4.78 is 0. The van der Waals surface area contributed by atoms with Gasteiger partial charge in [0.2, 0.25) is 0 Å². The van der Waals surface area contributed by atoms with Gasteiger partial charge >= 0.3 is 0 Å². The fourth-order valence-corrected chi connectivity index (χ4v) is 2.63. The van der Waals surface area contributed by atoms with Gasteiger partial charge in [0.05, 0.1) is 0 Å². The van der Waals surface area contributed by atoms with Crippen molar-refractivity contribution in [1.29, 1.82) is 0 Å². The zero-order valence-electron chi connectivity index (χ0n) is 11.0. The molecule has 0 amide bonds. The Bertz CT molecular complexity index is 309. The maximum Gasteiger partial charge on any atom is 0.163 e. The third-order valence-electron chi connectivity index (χ3n) is 4.12. The minimum Gasteiger partial charge on any atom is -0.294 e. The second-order valence-electron chi connectivity index (χ2n) is 5.57. The summed E-state index contributed by atoms with van der Waals surface area (Å²) in [6.07, 6.45) is 6.77. The van der Waals surface area contributed by atoms with Crippen LogP contribution in [0.2, 0.25) is 0 Å².